The summed E-state index contributed by atoms with van der Waals surface area (Å²) in [6.07, 6.45) is 2.44. The van der Waals surface area contributed by atoms with Crippen molar-refractivity contribution in [1.82, 2.24) is 10.2 Å². The fourth-order valence-corrected chi connectivity index (χ4v) is 1.93. The predicted molar refractivity (Wildman–Crippen MR) is 59.6 cm³/mol. The smallest absolute Gasteiger partial charge is 0.0478 e. The Balaban J connectivity index is 2.09. The third-order valence-electron chi connectivity index (χ3n) is 2.64. The van der Waals surface area contributed by atoms with E-state index in [1.807, 2.05) is 0 Å². The zero-order valence-electron chi connectivity index (χ0n) is 9.59. The van der Waals surface area contributed by atoms with Crippen molar-refractivity contribution in [2.75, 3.05) is 39.4 Å². The van der Waals surface area contributed by atoms with Gasteiger partial charge in [0, 0.05) is 32.3 Å². The summed E-state index contributed by atoms with van der Waals surface area (Å²) in [5.74, 6) is 0. The van der Waals surface area contributed by atoms with Gasteiger partial charge in [0.15, 0.2) is 0 Å². The highest BCUT2D eigenvalue weighted by atomic mass is 16.5. The summed E-state index contributed by atoms with van der Waals surface area (Å²) in [5.41, 5.74) is 0. The third-order valence-corrected chi connectivity index (χ3v) is 2.64. The maximum Gasteiger partial charge on any atom is 0.0478 e. The number of rotatable bonds is 5. The number of hydrogen-bond acceptors (Lipinski definition) is 3. The second-order valence-corrected chi connectivity index (χ2v) is 4.06. The highest BCUT2D eigenvalue weighted by Crippen LogP contribution is 2.01. The summed E-state index contributed by atoms with van der Waals surface area (Å²) in [5, 5.41) is 3.50. The van der Waals surface area contributed by atoms with E-state index in [1.54, 1.807) is 0 Å². The molecule has 0 aliphatic carbocycles. The van der Waals surface area contributed by atoms with Gasteiger partial charge in [0.25, 0.3) is 0 Å². The van der Waals surface area contributed by atoms with Gasteiger partial charge in [0.2, 0.25) is 0 Å². The lowest BCUT2D eigenvalue weighted by atomic mass is 10.3. The Labute approximate surface area is 87.8 Å². The molecule has 0 bridgehead atoms. The summed E-state index contributed by atoms with van der Waals surface area (Å²) in [6.45, 7) is 10.9. The zero-order valence-corrected chi connectivity index (χ0v) is 9.59. The Bertz CT molecular complexity index is 141. The molecule has 0 amide bonds. The van der Waals surface area contributed by atoms with Crippen molar-refractivity contribution in [3.05, 3.63) is 0 Å². The first kappa shape index (κ1) is 12.0. The van der Waals surface area contributed by atoms with Crippen molar-refractivity contribution >= 4 is 0 Å². The van der Waals surface area contributed by atoms with Crippen LogP contribution in [0.5, 0.6) is 0 Å². The highest BCUT2D eigenvalue weighted by Gasteiger charge is 2.12. The first-order valence-electron chi connectivity index (χ1n) is 5.86. The Hall–Kier alpha value is -0.120. The molecule has 1 atom stereocenters. The summed E-state index contributed by atoms with van der Waals surface area (Å²) in [6, 6.07) is 0.643. The summed E-state index contributed by atoms with van der Waals surface area (Å²) >= 11 is 0. The molecule has 0 aromatic heterocycles. The van der Waals surface area contributed by atoms with Crippen LogP contribution in [-0.2, 0) is 4.74 Å². The third kappa shape index (κ3) is 4.94. The van der Waals surface area contributed by atoms with Crippen LogP contribution in [0.1, 0.15) is 26.7 Å². The van der Waals surface area contributed by atoms with E-state index in [0.717, 1.165) is 13.2 Å². The quantitative estimate of drug-likeness (QED) is 0.673. The van der Waals surface area contributed by atoms with Crippen LogP contribution < -0.4 is 5.32 Å². The van der Waals surface area contributed by atoms with E-state index >= 15 is 0 Å². The maximum absolute atomic E-state index is 5.34. The van der Waals surface area contributed by atoms with Crippen LogP contribution in [-0.4, -0.2) is 50.3 Å². The predicted octanol–water partition coefficient (Wildman–Crippen LogP) is 1.10. The van der Waals surface area contributed by atoms with Gasteiger partial charge in [-0.05, 0) is 39.8 Å². The second kappa shape index (κ2) is 7.21. The molecule has 1 fully saturated rings. The molecular formula is C11H24N2O. The molecule has 1 unspecified atom stereocenters. The van der Waals surface area contributed by atoms with Crippen LogP contribution in [0.15, 0.2) is 0 Å². The molecular weight excluding hydrogens is 176 g/mol. The second-order valence-electron chi connectivity index (χ2n) is 4.06. The van der Waals surface area contributed by atoms with Crippen molar-refractivity contribution in [3.8, 4) is 0 Å². The zero-order chi connectivity index (χ0) is 10.2. The largest absolute Gasteiger partial charge is 0.382 e. The Morgan fingerprint density at radius 1 is 1.50 bits per heavy atom. The molecule has 0 saturated carbocycles. The minimum absolute atomic E-state index is 0.643. The molecule has 1 aliphatic rings. The fourth-order valence-electron chi connectivity index (χ4n) is 1.93. The van der Waals surface area contributed by atoms with Gasteiger partial charge in [-0.25, -0.2) is 0 Å². The van der Waals surface area contributed by atoms with E-state index in [1.165, 1.54) is 39.0 Å². The number of ether oxygens (including phenoxy) is 1. The highest BCUT2D eigenvalue weighted by molar-refractivity contribution is 4.72. The SMILES string of the molecule is CCOCCCN1CCCNC(C)C1. The van der Waals surface area contributed by atoms with E-state index in [0.29, 0.717) is 6.04 Å². The van der Waals surface area contributed by atoms with Crippen molar-refractivity contribution in [2.45, 2.75) is 32.7 Å². The van der Waals surface area contributed by atoms with Crippen LogP contribution in [0, 0.1) is 0 Å². The average Bonchev–Trinajstić information content (AvgIpc) is 2.38. The minimum atomic E-state index is 0.643. The van der Waals surface area contributed by atoms with E-state index in [9.17, 15) is 0 Å². The Morgan fingerprint density at radius 3 is 3.14 bits per heavy atom. The first-order chi connectivity index (χ1) is 6.83. The van der Waals surface area contributed by atoms with E-state index < -0.39 is 0 Å². The lowest BCUT2D eigenvalue weighted by molar-refractivity contribution is 0.131. The lowest BCUT2D eigenvalue weighted by Crippen LogP contribution is -2.36. The van der Waals surface area contributed by atoms with Crippen molar-refractivity contribution in [2.24, 2.45) is 0 Å². The molecule has 1 aliphatic heterocycles. The standard InChI is InChI=1S/C11H24N2O/c1-3-14-9-5-8-13-7-4-6-12-11(2)10-13/h11-12H,3-10H2,1-2H3. The molecule has 1 rings (SSSR count). The molecule has 0 aromatic rings. The molecule has 1 N–H and O–H groups in total. The van der Waals surface area contributed by atoms with Crippen molar-refractivity contribution in [3.63, 3.8) is 0 Å². The molecule has 0 spiro atoms. The van der Waals surface area contributed by atoms with Crippen LogP contribution in [0.2, 0.25) is 0 Å². The summed E-state index contributed by atoms with van der Waals surface area (Å²) in [4.78, 5) is 2.55. The molecule has 14 heavy (non-hydrogen) atoms. The lowest BCUT2D eigenvalue weighted by Gasteiger charge is -2.21. The van der Waals surface area contributed by atoms with E-state index in [2.05, 4.69) is 24.1 Å². The van der Waals surface area contributed by atoms with Crippen LogP contribution in [0.4, 0.5) is 0 Å². The van der Waals surface area contributed by atoms with Crippen molar-refractivity contribution in [1.29, 1.82) is 0 Å². The molecule has 3 heteroatoms. The van der Waals surface area contributed by atoms with Crippen molar-refractivity contribution < 1.29 is 4.74 Å². The summed E-state index contributed by atoms with van der Waals surface area (Å²) < 4.78 is 5.34. The monoisotopic (exact) mass is 200 g/mol. The molecule has 0 aromatic carbocycles. The molecule has 1 saturated heterocycles. The topological polar surface area (TPSA) is 24.5 Å². The minimum Gasteiger partial charge on any atom is -0.382 e. The van der Waals surface area contributed by atoms with Gasteiger partial charge in [-0.15, -0.1) is 0 Å². The van der Waals surface area contributed by atoms with Gasteiger partial charge in [-0.1, -0.05) is 0 Å². The van der Waals surface area contributed by atoms with Crippen LogP contribution in [0.25, 0.3) is 0 Å². The van der Waals surface area contributed by atoms with Gasteiger partial charge in [-0.3, -0.25) is 0 Å². The summed E-state index contributed by atoms with van der Waals surface area (Å²) in [7, 11) is 0. The fraction of sp³-hybridized carbons (Fsp3) is 1.00. The van der Waals surface area contributed by atoms with E-state index in [4.69, 9.17) is 4.74 Å². The van der Waals surface area contributed by atoms with E-state index in [-0.39, 0.29) is 0 Å². The Kier molecular flexibility index (Phi) is 6.15. The number of hydrogen-bond donors (Lipinski definition) is 1. The van der Waals surface area contributed by atoms with Crippen LogP contribution in [0.3, 0.4) is 0 Å². The van der Waals surface area contributed by atoms with Gasteiger partial charge in [0.05, 0.1) is 0 Å². The number of nitrogens with zero attached hydrogens (tertiary/aromatic N) is 1. The molecule has 0 radical (unpaired) electrons. The van der Waals surface area contributed by atoms with Gasteiger partial charge < -0.3 is 15.0 Å². The molecule has 84 valence electrons. The number of nitrogens with one attached hydrogen (secondary N) is 1. The normalized spacial score (nSPS) is 24.9. The first-order valence-corrected chi connectivity index (χ1v) is 5.86. The van der Waals surface area contributed by atoms with Gasteiger partial charge in [0.1, 0.15) is 0 Å². The van der Waals surface area contributed by atoms with Gasteiger partial charge in [-0.2, -0.15) is 0 Å². The molecule has 1 heterocycles. The van der Waals surface area contributed by atoms with Gasteiger partial charge >= 0.3 is 0 Å². The molecule has 3 nitrogen and oxygen atoms in total. The Morgan fingerprint density at radius 2 is 2.36 bits per heavy atom. The van der Waals surface area contributed by atoms with Crippen LogP contribution >= 0.6 is 0 Å². The average molecular weight is 200 g/mol. The maximum atomic E-state index is 5.34.